The van der Waals surface area contributed by atoms with Gasteiger partial charge < -0.3 is 4.79 Å². The van der Waals surface area contributed by atoms with E-state index in [1.165, 1.54) is 40.6 Å². The lowest BCUT2D eigenvalue weighted by molar-refractivity contribution is -0.117. The summed E-state index contributed by atoms with van der Waals surface area (Å²) in [4.78, 5) is 11.3. The van der Waals surface area contributed by atoms with E-state index in [2.05, 4.69) is 13.8 Å². The van der Waals surface area contributed by atoms with Gasteiger partial charge in [0.2, 0.25) is 0 Å². The molecule has 0 aromatic carbocycles. The number of ketones is 1. The summed E-state index contributed by atoms with van der Waals surface area (Å²) < 4.78 is 1.49. The average molecular weight is 258 g/mol. The Balaban J connectivity index is 2.65. The first-order valence-electron chi connectivity index (χ1n) is 6.11. The smallest absolute Gasteiger partial charge is 0.130 e. The van der Waals surface area contributed by atoms with Crippen LogP contribution in [0.15, 0.2) is 9.81 Å². The van der Waals surface area contributed by atoms with E-state index in [0.29, 0.717) is 11.7 Å². The SMILES string of the molecule is CCCCC(CC(C)=O)C(C)=C1SCCS1. The molecule has 0 aliphatic carbocycles. The van der Waals surface area contributed by atoms with E-state index in [1.54, 1.807) is 6.92 Å². The second-order valence-corrected chi connectivity index (χ2v) is 6.88. The van der Waals surface area contributed by atoms with Gasteiger partial charge in [-0.1, -0.05) is 19.8 Å². The topological polar surface area (TPSA) is 17.1 Å². The largest absolute Gasteiger partial charge is 0.300 e. The van der Waals surface area contributed by atoms with Crippen molar-refractivity contribution in [3.05, 3.63) is 9.81 Å². The fourth-order valence-corrected chi connectivity index (χ4v) is 4.63. The van der Waals surface area contributed by atoms with Crippen molar-refractivity contribution in [1.29, 1.82) is 0 Å². The number of thioether (sulfide) groups is 2. The molecule has 1 fully saturated rings. The van der Waals surface area contributed by atoms with Crippen molar-refractivity contribution in [2.45, 2.75) is 46.5 Å². The van der Waals surface area contributed by atoms with Gasteiger partial charge >= 0.3 is 0 Å². The molecule has 1 saturated heterocycles. The van der Waals surface area contributed by atoms with Crippen LogP contribution in [0.4, 0.5) is 0 Å². The molecular formula is C13H22OS2. The lowest BCUT2D eigenvalue weighted by Gasteiger charge is -2.17. The van der Waals surface area contributed by atoms with Gasteiger partial charge in [0.1, 0.15) is 5.78 Å². The van der Waals surface area contributed by atoms with Crippen molar-refractivity contribution < 1.29 is 4.79 Å². The Bertz CT molecular complexity index is 263. The molecule has 0 radical (unpaired) electrons. The number of carbonyl (C=O) groups excluding carboxylic acids is 1. The highest BCUT2D eigenvalue weighted by Gasteiger charge is 2.19. The van der Waals surface area contributed by atoms with Gasteiger partial charge in [-0.25, -0.2) is 0 Å². The van der Waals surface area contributed by atoms with E-state index in [-0.39, 0.29) is 0 Å². The minimum Gasteiger partial charge on any atom is -0.300 e. The Morgan fingerprint density at radius 3 is 2.44 bits per heavy atom. The van der Waals surface area contributed by atoms with E-state index in [1.807, 2.05) is 23.5 Å². The standard InChI is InChI=1S/C13H22OS2/c1-4-5-6-12(9-10(2)14)11(3)13-15-7-8-16-13/h12H,4-9H2,1-3H3. The van der Waals surface area contributed by atoms with E-state index < -0.39 is 0 Å². The Hall–Kier alpha value is 0.110. The summed E-state index contributed by atoms with van der Waals surface area (Å²) in [7, 11) is 0. The Morgan fingerprint density at radius 1 is 1.31 bits per heavy atom. The van der Waals surface area contributed by atoms with Crippen LogP contribution in [-0.4, -0.2) is 17.3 Å². The molecule has 0 aromatic heterocycles. The molecule has 1 unspecified atom stereocenters. The third-order valence-corrected chi connectivity index (χ3v) is 5.87. The fourth-order valence-electron chi connectivity index (χ4n) is 1.97. The highest BCUT2D eigenvalue weighted by Crippen LogP contribution is 2.41. The van der Waals surface area contributed by atoms with Gasteiger partial charge in [-0.15, -0.1) is 23.5 Å². The highest BCUT2D eigenvalue weighted by molar-refractivity contribution is 8.25. The highest BCUT2D eigenvalue weighted by atomic mass is 32.2. The van der Waals surface area contributed by atoms with Gasteiger partial charge in [0.15, 0.2) is 0 Å². The van der Waals surface area contributed by atoms with Crippen LogP contribution in [0, 0.1) is 5.92 Å². The molecule has 0 saturated carbocycles. The van der Waals surface area contributed by atoms with E-state index in [4.69, 9.17) is 0 Å². The van der Waals surface area contributed by atoms with Gasteiger partial charge in [0.25, 0.3) is 0 Å². The van der Waals surface area contributed by atoms with E-state index in [9.17, 15) is 4.79 Å². The number of hydrogen-bond donors (Lipinski definition) is 0. The van der Waals surface area contributed by atoms with Crippen molar-refractivity contribution in [3.8, 4) is 0 Å². The van der Waals surface area contributed by atoms with Crippen LogP contribution >= 0.6 is 23.5 Å². The first-order valence-corrected chi connectivity index (χ1v) is 8.08. The first kappa shape index (κ1) is 14.2. The summed E-state index contributed by atoms with van der Waals surface area (Å²) in [5.74, 6) is 3.29. The second-order valence-electron chi connectivity index (χ2n) is 4.41. The predicted octanol–water partition coefficient (Wildman–Crippen LogP) is 4.48. The molecule has 1 rings (SSSR count). The third-order valence-electron chi connectivity index (χ3n) is 2.92. The van der Waals surface area contributed by atoms with Gasteiger partial charge in [0.05, 0.1) is 0 Å². The van der Waals surface area contributed by atoms with Gasteiger partial charge in [-0.3, -0.25) is 0 Å². The molecule has 0 aromatic rings. The van der Waals surface area contributed by atoms with Crippen LogP contribution in [-0.2, 0) is 4.79 Å². The zero-order chi connectivity index (χ0) is 12.0. The maximum absolute atomic E-state index is 11.3. The van der Waals surface area contributed by atoms with E-state index >= 15 is 0 Å². The van der Waals surface area contributed by atoms with Gasteiger partial charge in [-0.05, 0) is 31.8 Å². The monoisotopic (exact) mass is 258 g/mol. The van der Waals surface area contributed by atoms with Crippen molar-refractivity contribution >= 4 is 29.3 Å². The van der Waals surface area contributed by atoms with Crippen molar-refractivity contribution in [2.75, 3.05) is 11.5 Å². The minimum atomic E-state index is 0.328. The summed E-state index contributed by atoms with van der Waals surface area (Å²) in [6, 6.07) is 0. The number of hydrogen-bond acceptors (Lipinski definition) is 3. The number of rotatable bonds is 6. The van der Waals surface area contributed by atoms with Gasteiger partial charge in [0, 0.05) is 22.2 Å². The van der Waals surface area contributed by atoms with Crippen molar-refractivity contribution in [2.24, 2.45) is 5.92 Å². The lowest BCUT2D eigenvalue weighted by Crippen LogP contribution is -2.08. The minimum absolute atomic E-state index is 0.328. The first-order chi connectivity index (χ1) is 7.65. The normalized spacial score (nSPS) is 17.6. The Kier molecular flexibility index (Phi) is 6.59. The van der Waals surface area contributed by atoms with Crippen LogP contribution in [0.5, 0.6) is 0 Å². The second kappa shape index (κ2) is 7.44. The molecule has 0 N–H and O–H groups in total. The quantitative estimate of drug-likeness (QED) is 0.699. The molecule has 3 heteroatoms. The zero-order valence-electron chi connectivity index (χ0n) is 10.5. The molecule has 1 nitrogen and oxygen atoms in total. The summed E-state index contributed by atoms with van der Waals surface area (Å²) in [5.41, 5.74) is 1.47. The summed E-state index contributed by atoms with van der Waals surface area (Å²) >= 11 is 3.94. The zero-order valence-corrected chi connectivity index (χ0v) is 12.2. The van der Waals surface area contributed by atoms with Crippen molar-refractivity contribution in [1.82, 2.24) is 0 Å². The molecule has 1 aliphatic heterocycles. The number of carbonyl (C=O) groups is 1. The van der Waals surface area contributed by atoms with Crippen LogP contribution < -0.4 is 0 Å². The Labute approximate surface area is 108 Å². The van der Waals surface area contributed by atoms with E-state index in [0.717, 1.165) is 6.42 Å². The van der Waals surface area contributed by atoms with Crippen LogP contribution in [0.2, 0.25) is 0 Å². The Morgan fingerprint density at radius 2 is 1.94 bits per heavy atom. The maximum Gasteiger partial charge on any atom is 0.130 e. The van der Waals surface area contributed by atoms with Crippen LogP contribution in [0.25, 0.3) is 0 Å². The molecule has 1 atom stereocenters. The average Bonchev–Trinajstić information content (AvgIpc) is 2.76. The van der Waals surface area contributed by atoms with Gasteiger partial charge in [-0.2, -0.15) is 0 Å². The molecule has 92 valence electrons. The lowest BCUT2D eigenvalue weighted by atomic mass is 9.91. The molecule has 0 bridgehead atoms. The van der Waals surface area contributed by atoms with Crippen LogP contribution in [0.1, 0.15) is 46.5 Å². The summed E-state index contributed by atoms with van der Waals surface area (Å²) in [6.07, 6.45) is 4.36. The summed E-state index contributed by atoms with van der Waals surface area (Å²) in [6.45, 7) is 6.15. The third kappa shape index (κ3) is 4.54. The molecule has 0 amide bonds. The van der Waals surface area contributed by atoms with Crippen LogP contribution in [0.3, 0.4) is 0 Å². The summed E-state index contributed by atoms with van der Waals surface area (Å²) in [5, 5.41) is 0. The molecular weight excluding hydrogens is 236 g/mol. The predicted molar refractivity (Wildman–Crippen MR) is 75.9 cm³/mol. The number of allylic oxidation sites excluding steroid dienone is 1. The maximum atomic E-state index is 11.3. The molecule has 0 spiro atoms. The van der Waals surface area contributed by atoms with Crippen molar-refractivity contribution in [3.63, 3.8) is 0 Å². The number of Topliss-reactive ketones (excluding diaryl/α,β-unsaturated/α-hetero) is 1. The molecule has 1 heterocycles. The molecule has 1 aliphatic rings. The molecule has 16 heavy (non-hydrogen) atoms. The number of unbranched alkanes of at least 4 members (excludes halogenated alkanes) is 1. The fraction of sp³-hybridized carbons (Fsp3) is 0.769.